The lowest BCUT2D eigenvalue weighted by Gasteiger charge is -2.26. The van der Waals surface area contributed by atoms with E-state index >= 15 is 0 Å². The molecule has 1 aromatic carbocycles. The first kappa shape index (κ1) is 21.1. The van der Waals surface area contributed by atoms with Gasteiger partial charge in [0.2, 0.25) is 0 Å². The zero-order chi connectivity index (χ0) is 20.9. The minimum Gasteiger partial charge on any atom is -0.493 e. The van der Waals surface area contributed by atoms with Crippen molar-refractivity contribution < 1.29 is 27.4 Å². The van der Waals surface area contributed by atoms with Gasteiger partial charge in [-0.25, -0.2) is 4.79 Å². The summed E-state index contributed by atoms with van der Waals surface area (Å²) in [5.74, 6) is 0.439. The van der Waals surface area contributed by atoms with Gasteiger partial charge in [0.05, 0.1) is 25.7 Å². The van der Waals surface area contributed by atoms with Gasteiger partial charge >= 0.3 is 12.1 Å². The van der Waals surface area contributed by atoms with E-state index in [0.29, 0.717) is 23.7 Å². The molecule has 7 heteroatoms. The third-order valence-corrected chi connectivity index (χ3v) is 5.28. The molecule has 0 radical (unpaired) electrons. The highest BCUT2D eigenvalue weighted by Gasteiger charge is 2.27. The number of carbonyl (C=O) groups is 1. The SMILES string of the molecule is COC(=O)c1ccncc1CC[C@H]1CCCc2cc(OCCC(F)(F)F)ccc21. The van der Waals surface area contributed by atoms with E-state index in [2.05, 4.69) is 4.98 Å². The van der Waals surface area contributed by atoms with Crippen LogP contribution in [-0.2, 0) is 17.6 Å². The van der Waals surface area contributed by atoms with E-state index < -0.39 is 12.6 Å². The number of pyridine rings is 1. The summed E-state index contributed by atoms with van der Waals surface area (Å²) in [6.45, 7) is -0.372. The standard InChI is InChI=1S/C22H24F3NO3/c1-28-21(27)20-9-11-26-14-17(20)6-5-15-3-2-4-16-13-18(7-8-19(15)16)29-12-10-22(23,24)25/h7-9,11,13-15H,2-6,10,12H2,1H3/t15-/m1/s1. The predicted molar refractivity (Wildman–Crippen MR) is 102 cm³/mol. The van der Waals surface area contributed by atoms with Crippen LogP contribution in [0.5, 0.6) is 5.75 Å². The summed E-state index contributed by atoms with van der Waals surface area (Å²) in [7, 11) is 1.36. The van der Waals surface area contributed by atoms with Gasteiger partial charge in [-0.2, -0.15) is 13.2 Å². The van der Waals surface area contributed by atoms with Crippen LogP contribution in [-0.4, -0.2) is 30.8 Å². The number of alkyl halides is 3. The molecule has 0 amide bonds. The number of hydrogen-bond donors (Lipinski definition) is 0. The van der Waals surface area contributed by atoms with Gasteiger partial charge in [-0.1, -0.05) is 6.07 Å². The van der Waals surface area contributed by atoms with Gasteiger partial charge in [0.1, 0.15) is 5.75 Å². The van der Waals surface area contributed by atoms with Crippen molar-refractivity contribution in [2.75, 3.05) is 13.7 Å². The lowest BCUT2D eigenvalue weighted by molar-refractivity contribution is -0.139. The van der Waals surface area contributed by atoms with Crippen molar-refractivity contribution in [2.24, 2.45) is 0 Å². The Labute approximate surface area is 168 Å². The third kappa shape index (κ3) is 5.71. The van der Waals surface area contributed by atoms with Crippen molar-refractivity contribution in [2.45, 2.75) is 50.6 Å². The van der Waals surface area contributed by atoms with E-state index in [1.165, 1.54) is 12.7 Å². The highest BCUT2D eigenvalue weighted by atomic mass is 19.4. The minimum absolute atomic E-state index is 0.327. The molecule has 0 fully saturated rings. The van der Waals surface area contributed by atoms with Crippen molar-refractivity contribution in [1.29, 1.82) is 0 Å². The molecule has 1 atom stereocenters. The molecule has 3 rings (SSSR count). The molecule has 1 aromatic heterocycles. The second kappa shape index (κ2) is 9.29. The maximum Gasteiger partial charge on any atom is 0.392 e. The fraction of sp³-hybridized carbons (Fsp3) is 0.455. The number of halogens is 3. The number of hydrogen-bond acceptors (Lipinski definition) is 4. The van der Waals surface area contributed by atoms with Crippen LogP contribution in [0.3, 0.4) is 0 Å². The van der Waals surface area contributed by atoms with Crippen molar-refractivity contribution in [3.05, 3.63) is 58.9 Å². The number of aryl methyl sites for hydroxylation is 2. The molecule has 156 valence electrons. The summed E-state index contributed by atoms with van der Waals surface area (Å²) in [4.78, 5) is 16.1. The van der Waals surface area contributed by atoms with Crippen LogP contribution in [0.1, 0.15) is 58.6 Å². The quantitative estimate of drug-likeness (QED) is 0.588. The Bertz CT molecular complexity index is 851. The Hall–Kier alpha value is -2.57. The predicted octanol–water partition coefficient (Wildman–Crippen LogP) is 5.25. The lowest BCUT2D eigenvalue weighted by Crippen LogP contribution is -2.14. The summed E-state index contributed by atoms with van der Waals surface area (Å²) >= 11 is 0. The van der Waals surface area contributed by atoms with Crippen LogP contribution < -0.4 is 4.74 Å². The summed E-state index contributed by atoms with van der Waals surface area (Å²) in [5.41, 5.74) is 3.73. The first-order valence-electron chi connectivity index (χ1n) is 9.71. The van der Waals surface area contributed by atoms with Crippen molar-refractivity contribution in [1.82, 2.24) is 4.98 Å². The molecule has 1 heterocycles. The van der Waals surface area contributed by atoms with Crippen LogP contribution in [0, 0.1) is 0 Å². The molecular weight excluding hydrogens is 383 g/mol. The first-order valence-corrected chi connectivity index (χ1v) is 9.71. The zero-order valence-electron chi connectivity index (χ0n) is 16.3. The number of ether oxygens (including phenoxy) is 2. The lowest BCUT2D eigenvalue weighted by atomic mass is 9.79. The van der Waals surface area contributed by atoms with Gasteiger partial charge in [0, 0.05) is 12.4 Å². The zero-order valence-corrected chi connectivity index (χ0v) is 16.3. The molecule has 0 N–H and O–H groups in total. The molecule has 0 unspecified atom stereocenters. The molecule has 0 aliphatic heterocycles. The molecular formula is C22H24F3NO3. The fourth-order valence-corrected chi connectivity index (χ4v) is 3.83. The van der Waals surface area contributed by atoms with E-state index in [1.54, 1.807) is 24.5 Å². The van der Waals surface area contributed by atoms with Gasteiger partial charge in [-0.3, -0.25) is 4.98 Å². The summed E-state index contributed by atoms with van der Waals surface area (Å²) in [5, 5.41) is 0. The number of esters is 1. The van der Waals surface area contributed by atoms with Crippen LogP contribution in [0.15, 0.2) is 36.7 Å². The molecule has 0 spiro atoms. The first-order chi connectivity index (χ1) is 13.9. The summed E-state index contributed by atoms with van der Waals surface area (Å²) < 4.78 is 47.0. The second-order valence-electron chi connectivity index (χ2n) is 7.23. The van der Waals surface area contributed by atoms with Gasteiger partial charge in [-0.15, -0.1) is 0 Å². The van der Waals surface area contributed by atoms with Gasteiger partial charge < -0.3 is 9.47 Å². The number of nitrogens with zero attached hydrogens (tertiary/aromatic N) is 1. The van der Waals surface area contributed by atoms with Crippen LogP contribution in [0.25, 0.3) is 0 Å². The van der Waals surface area contributed by atoms with Gasteiger partial charge in [0.15, 0.2) is 0 Å². The molecule has 1 aliphatic rings. The number of methoxy groups -OCH3 is 1. The Kier molecular flexibility index (Phi) is 6.77. The maximum atomic E-state index is 12.3. The Morgan fingerprint density at radius 1 is 1.28 bits per heavy atom. The smallest absolute Gasteiger partial charge is 0.392 e. The molecule has 0 saturated carbocycles. The molecule has 4 nitrogen and oxygen atoms in total. The number of fused-ring (bicyclic) bond motifs is 1. The average molecular weight is 407 g/mol. The highest BCUT2D eigenvalue weighted by Crippen LogP contribution is 2.37. The van der Waals surface area contributed by atoms with E-state index in [4.69, 9.17) is 9.47 Å². The molecule has 2 aromatic rings. The summed E-state index contributed by atoms with van der Waals surface area (Å²) in [6.07, 6.45) is 2.61. The van der Waals surface area contributed by atoms with Crippen molar-refractivity contribution >= 4 is 5.97 Å². The van der Waals surface area contributed by atoms with E-state index in [9.17, 15) is 18.0 Å². The Morgan fingerprint density at radius 3 is 2.86 bits per heavy atom. The average Bonchev–Trinajstić information content (AvgIpc) is 2.70. The van der Waals surface area contributed by atoms with Gasteiger partial charge in [-0.05, 0) is 72.9 Å². The fourth-order valence-electron chi connectivity index (χ4n) is 3.83. The molecule has 0 saturated heterocycles. The number of aromatic nitrogens is 1. The minimum atomic E-state index is -4.21. The highest BCUT2D eigenvalue weighted by molar-refractivity contribution is 5.90. The number of carbonyl (C=O) groups excluding carboxylic acids is 1. The van der Waals surface area contributed by atoms with Gasteiger partial charge in [0.25, 0.3) is 0 Å². The van der Waals surface area contributed by atoms with E-state index in [1.807, 2.05) is 12.1 Å². The second-order valence-corrected chi connectivity index (χ2v) is 7.23. The summed E-state index contributed by atoms with van der Waals surface area (Å²) in [6, 6.07) is 7.24. The van der Waals surface area contributed by atoms with Crippen molar-refractivity contribution in [3.63, 3.8) is 0 Å². The van der Waals surface area contributed by atoms with Crippen LogP contribution >= 0.6 is 0 Å². The molecule has 1 aliphatic carbocycles. The molecule has 29 heavy (non-hydrogen) atoms. The van der Waals surface area contributed by atoms with Crippen LogP contribution in [0.4, 0.5) is 13.2 Å². The van der Waals surface area contributed by atoms with E-state index in [-0.39, 0.29) is 12.6 Å². The van der Waals surface area contributed by atoms with E-state index in [0.717, 1.165) is 36.8 Å². The Morgan fingerprint density at radius 2 is 2.10 bits per heavy atom. The maximum absolute atomic E-state index is 12.3. The number of benzene rings is 1. The number of rotatable bonds is 7. The normalized spacial score (nSPS) is 16.2. The monoisotopic (exact) mass is 407 g/mol. The Balaban J connectivity index is 1.66. The van der Waals surface area contributed by atoms with Crippen LogP contribution in [0.2, 0.25) is 0 Å². The van der Waals surface area contributed by atoms with Crippen molar-refractivity contribution in [3.8, 4) is 5.75 Å². The molecule has 0 bridgehead atoms. The largest absolute Gasteiger partial charge is 0.493 e. The topological polar surface area (TPSA) is 48.4 Å². The third-order valence-electron chi connectivity index (χ3n) is 5.28.